The molecule has 3 aromatic carbocycles. The van der Waals surface area contributed by atoms with Crippen LogP contribution in [0.3, 0.4) is 0 Å². The standard InChI is InChI=1S/C29H30FN3O5/c1-18-7-4-5-8-23(18)31-28(37)32-24-12-9-20(15-19(24)2)16-26(34)33-14-6-13-29(33,30)21-10-11-22(27(35)36)25(17-21)38-3/h4-5,7-12,15,17H,6,13-14,16H2,1-3H3,(H,35,36)(H2,31,32,37)/t29-/m1/s1. The van der Waals surface area contributed by atoms with Gasteiger partial charge in [-0.2, -0.15) is 0 Å². The number of para-hydroxylation sites is 1. The van der Waals surface area contributed by atoms with Gasteiger partial charge in [-0.15, -0.1) is 0 Å². The number of halogens is 1. The molecule has 38 heavy (non-hydrogen) atoms. The summed E-state index contributed by atoms with van der Waals surface area (Å²) in [5.74, 6) is -3.59. The highest BCUT2D eigenvalue weighted by Crippen LogP contribution is 2.42. The second kappa shape index (κ2) is 10.9. The number of hydrogen-bond donors (Lipinski definition) is 3. The number of urea groups is 1. The number of aromatic carboxylic acids is 1. The Kier molecular flexibility index (Phi) is 7.66. The first-order chi connectivity index (χ1) is 18.1. The van der Waals surface area contributed by atoms with Gasteiger partial charge < -0.3 is 25.4 Å². The minimum atomic E-state index is -2.06. The van der Waals surface area contributed by atoms with Crippen molar-refractivity contribution in [2.75, 3.05) is 24.3 Å². The number of benzene rings is 3. The normalized spacial score (nSPS) is 16.7. The summed E-state index contributed by atoms with van der Waals surface area (Å²) in [6.07, 6.45) is 0.557. The zero-order chi connectivity index (χ0) is 27.4. The van der Waals surface area contributed by atoms with Crippen LogP contribution in [0.2, 0.25) is 0 Å². The number of amides is 3. The summed E-state index contributed by atoms with van der Waals surface area (Å²) in [5.41, 5.74) is 3.80. The van der Waals surface area contributed by atoms with Crippen molar-refractivity contribution >= 4 is 29.3 Å². The number of nitrogens with one attached hydrogen (secondary N) is 2. The van der Waals surface area contributed by atoms with Crippen molar-refractivity contribution in [1.82, 2.24) is 4.90 Å². The Morgan fingerprint density at radius 1 is 1.00 bits per heavy atom. The van der Waals surface area contributed by atoms with Gasteiger partial charge in [0.05, 0.1) is 13.5 Å². The zero-order valence-corrected chi connectivity index (χ0v) is 21.5. The number of aryl methyl sites for hydroxylation is 2. The molecule has 1 atom stereocenters. The summed E-state index contributed by atoms with van der Waals surface area (Å²) < 4.78 is 21.4. The predicted molar refractivity (Wildman–Crippen MR) is 142 cm³/mol. The van der Waals surface area contributed by atoms with Crippen molar-refractivity contribution in [2.24, 2.45) is 0 Å². The van der Waals surface area contributed by atoms with Gasteiger partial charge in [-0.05, 0) is 61.2 Å². The van der Waals surface area contributed by atoms with Crippen molar-refractivity contribution in [3.63, 3.8) is 0 Å². The topological polar surface area (TPSA) is 108 Å². The van der Waals surface area contributed by atoms with Crippen molar-refractivity contribution < 1.29 is 28.6 Å². The lowest BCUT2D eigenvalue weighted by Gasteiger charge is -2.32. The molecule has 9 heteroatoms. The molecule has 1 aliphatic rings. The molecule has 1 fully saturated rings. The number of hydrogen-bond acceptors (Lipinski definition) is 4. The molecule has 8 nitrogen and oxygen atoms in total. The maximum Gasteiger partial charge on any atom is 0.339 e. The second-order valence-electron chi connectivity index (χ2n) is 9.35. The Morgan fingerprint density at radius 2 is 1.71 bits per heavy atom. The van der Waals surface area contributed by atoms with Crippen molar-refractivity contribution in [1.29, 1.82) is 0 Å². The van der Waals surface area contributed by atoms with Crippen LogP contribution >= 0.6 is 0 Å². The van der Waals surface area contributed by atoms with Crippen LogP contribution in [0.15, 0.2) is 60.7 Å². The van der Waals surface area contributed by atoms with Gasteiger partial charge >= 0.3 is 12.0 Å². The molecule has 0 spiro atoms. The van der Waals surface area contributed by atoms with E-state index in [9.17, 15) is 19.5 Å². The van der Waals surface area contributed by atoms with E-state index < -0.39 is 11.8 Å². The van der Waals surface area contributed by atoms with Crippen LogP contribution in [0, 0.1) is 13.8 Å². The lowest BCUT2D eigenvalue weighted by molar-refractivity contribution is -0.142. The monoisotopic (exact) mass is 519 g/mol. The summed E-state index contributed by atoms with van der Waals surface area (Å²) in [6.45, 7) is 3.97. The Hall–Kier alpha value is -4.40. The first kappa shape index (κ1) is 26.7. The van der Waals surface area contributed by atoms with E-state index in [1.54, 1.807) is 18.2 Å². The second-order valence-corrected chi connectivity index (χ2v) is 9.35. The fourth-order valence-corrected chi connectivity index (χ4v) is 4.75. The van der Waals surface area contributed by atoms with Gasteiger partial charge in [-0.25, -0.2) is 14.0 Å². The molecule has 198 valence electrons. The van der Waals surface area contributed by atoms with Crippen molar-refractivity contribution in [2.45, 2.75) is 38.9 Å². The highest BCUT2D eigenvalue weighted by molar-refractivity contribution is 6.00. The smallest absolute Gasteiger partial charge is 0.339 e. The number of nitrogens with zero attached hydrogens (tertiary/aromatic N) is 1. The van der Waals surface area contributed by atoms with E-state index in [0.717, 1.165) is 11.1 Å². The molecule has 1 heterocycles. The molecule has 0 aliphatic carbocycles. The minimum absolute atomic E-state index is 0.0213. The third-order valence-corrected chi connectivity index (χ3v) is 6.78. The molecule has 0 aromatic heterocycles. The van der Waals surface area contributed by atoms with Crippen LogP contribution in [0.1, 0.15) is 45.5 Å². The lowest BCUT2D eigenvalue weighted by Crippen LogP contribution is -2.42. The molecule has 1 saturated heterocycles. The fourth-order valence-electron chi connectivity index (χ4n) is 4.75. The quantitative estimate of drug-likeness (QED) is 0.350. The third kappa shape index (κ3) is 5.46. The van der Waals surface area contributed by atoms with Crippen molar-refractivity contribution in [3.8, 4) is 5.75 Å². The number of rotatable bonds is 7. The number of ether oxygens (including phenoxy) is 1. The first-order valence-electron chi connectivity index (χ1n) is 12.3. The minimum Gasteiger partial charge on any atom is -0.496 e. The Balaban J connectivity index is 1.46. The maximum atomic E-state index is 16.3. The van der Waals surface area contributed by atoms with Crippen LogP contribution in [0.25, 0.3) is 0 Å². The summed E-state index contributed by atoms with van der Waals surface area (Å²) in [6, 6.07) is 16.4. The molecular formula is C29H30FN3O5. The number of anilines is 2. The van der Waals surface area contributed by atoms with Crippen LogP contribution in [0.4, 0.5) is 20.6 Å². The number of carbonyl (C=O) groups is 3. The summed E-state index contributed by atoms with van der Waals surface area (Å²) in [4.78, 5) is 38.3. The summed E-state index contributed by atoms with van der Waals surface area (Å²) >= 11 is 0. The molecule has 1 aliphatic heterocycles. The van der Waals surface area contributed by atoms with Crippen LogP contribution in [0.5, 0.6) is 5.75 Å². The summed E-state index contributed by atoms with van der Waals surface area (Å²) in [5, 5.41) is 15.0. The SMILES string of the molecule is COc1cc([C@@]2(F)CCCN2C(=O)Cc2ccc(NC(=O)Nc3ccccc3C)c(C)c2)ccc1C(=O)O. The molecule has 0 radical (unpaired) electrons. The maximum absolute atomic E-state index is 16.3. The van der Waals surface area contributed by atoms with Crippen LogP contribution in [-0.4, -0.2) is 41.6 Å². The molecule has 4 rings (SSSR count). The molecule has 0 bridgehead atoms. The fraction of sp³-hybridized carbons (Fsp3) is 0.276. The molecule has 3 aromatic rings. The van der Waals surface area contributed by atoms with Gasteiger partial charge in [0.1, 0.15) is 11.3 Å². The van der Waals surface area contributed by atoms with E-state index in [2.05, 4.69) is 10.6 Å². The molecule has 3 amide bonds. The molecule has 3 N–H and O–H groups in total. The van der Waals surface area contributed by atoms with Gasteiger partial charge in [0, 0.05) is 29.9 Å². The van der Waals surface area contributed by atoms with E-state index in [1.165, 1.54) is 30.2 Å². The zero-order valence-electron chi connectivity index (χ0n) is 21.5. The highest BCUT2D eigenvalue weighted by atomic mass is 19.1. The third-order valence-electron chi connectivity index (χ3n) is 6.78. The van der Waals surface area contributed by atoms with Crippen LogP contribution < -0.4 is 15.4 Å². The first-order valence-corrected chi connectivity index (χ1v) is 12.3. The van der Waals surface area contributed by atoms with Crippen LogP contribution in [-0.2, 0) is 17.0 Å². The Labute approximate surface area is 220 Å². The lowest BCUT2D eigenvalue weighted by atomic mass is 9.98. The van der Waals surface area contributed by atoms with Gasteiger partial charge in [0.15, 0.2) is 0 Å². The summed E-state index contributed by atoms with van der Waals surface area (Å²) in [7, 11) is 1.32. The number of carboxylic acids is 1. The number of likely N-dealkylation sites (tertiary alicyclic amines) is 1. The molecule has 0 unspecified atom stereocenters. The van der Waals surface area contributed by atoms with Gasteiger partial charge in [0.2, 0.25) is 11.7 Å². The van der Waals surface area contributed by atoms with E-state index in [1.807, 2.05) is 38.1 Å². The highest BCUT2D eigenvalue weighted by Gasteiger charge is 2.45. The molecular weight excluding hydrogens is 489 g/mol. The average Bonchev–Trinajstić information content (AvgIpc) is 3.29. The number of carbonyl (C=O) groups excluding carboxylic acids is 2. The van der Waals surface area contributed by atoms with Crippen molar-refractivity contribution in [3.05, 3.63) is 88.5 Å². The van der Waals surface area contributed by atoms with E-state index in [-0.39, 0.29) is 48.2 Å². The van der Waals surface area contributed by atoms with E-state index in [0.29, 0.717) is 23.4 Å². The average molecular weight is 520 g/mol. The van der Waals surface area contributed by atoms with E-state index in [4.69, 9.17) is 4.74 Å². The largest absolute Gasteiger partial charge is 0.496 e. The van der Waals surface area contributed by atoms with Gasteiger partial charge in [-0.3, -0.25) is 4.79 Å². The van der Waals surface area contributed by atoms with Gasteiger partial charge in [0.25, 0.3) is 0 Å². The Bertz CT molecular complexity index is 1390. The Morgan fingerprint density at radius 3 is 2.37 bits per heavy atom. The number of carboxylic acid groups (broad SMARTS) is 1. The van der Waals surface area contributed by atoms with Gasteiger partial charge in [-0.1, -0.05) is 36.4 Å². The predicted octanol–water partition coefficient (Wildman–Crippen LogP) is 5.64. The van der Waals surface area contributed by atoms with E-state index >= 15 is 4.39 Å². The number of methoxy groups -OCH3 is 1. The molecule has 0 saturated carbocycles. The number of alkyl halides is 1.